The van der Waals surface area contributed by atoms with Crippen molar-refractivity contribution < 1.29 is 14.3 Å². The van der Waals surface area contributed by atoms with Crippen LogP contribution in [0.5, 0.6) is 11.5 Å². The molecule has 0 saturated heterocycles. The summed E-state index contributed by atoms with van der Waals surface area (Å²) in [7, 11) is 3.14. The third-order valence-electron chi connectivity index (χ3n) is 3.50. The SMILES string of the molecule is COc1ccc2c(c1OC)C(=O)c1ccccc1C2. The molecule has 3 rings (SSSR count). The van der Waals surface area contributed by atoms with E-state index in [1.165, 1.54) is 0 Å². The zero-order valence-electron chi connectivity index (χ0n) is 10.9. The van der Waals surface area contributed by atoms with Crippen LogP contribution in [-0.2, 0) is 6.42 Å². The lowest BCUT2D eigenvalue weighted by atomic mass is 9.84. The summed E-state index contributed by atoms with van der Waals surface area (Å²) in [6, 6.07) is 11.5. The Hall–Kier alpha value is -2.29. The maximum Gasteiger partial charge on any atom is 0.197 e. The molecule has 0 bridgehead atoms. The molecule has 0 N–H and O–H groups in total. The van der Waals surface area contributed by atoms with Crippen molar-refractivity contribution in [3.63, 3.8) is 0 Å². The monoisotopic (exact) mass is 254 g/mol. The van der Waals surface area contributed by atoms with Crippen LogP contribution in [0.25, 0.3) is 0 Å². The fourth-order valence-electron chi connectivity index (χ4n) is 2.60. The molecular formula is C16H14O3. The van der Waals surface area contributed by atoms with Crippen molar-refractivity contribution >= 4 is 5.78 Å². The number of carbonyl (C=O) groups is 1. The summed E-state index contributed by atoms with van der Waals surface area (Å²) in [5, 5.41) is 0. The van der Waals surface area contributed by atoms with Gasteiger partial charge in [0, 0.05) is 5.56 Å². The molecule has 0 amide bonds. The van der Waals surface area contributed by atoms with Gasteiger partial charge in [0.1, 0.15) is 0 Å². The van der Waals surface area contributed by atoms with Crippen LogP contribution in [0.3, 0.4) is 0 Å². The minimum atomic E-state index is 0.00704. The smallest absolute Gasteiger partial charge is 0.197 e. The van der Waals surface area contributed by atoms with Crippen molar-refractivity contribution in [2.75, 3.05) is 14.2 Å². The third kappa shape index (κ3) is 1.70. The summed E-state index contributed by atoms with van der Waals surface area (Å²) in [6.07, 6.45) is 0.748. The Morgan fingerprint density at radius 2 is 1.74 bits per heavy atom. The van der Waals surface area contributed by atoms with Crippen LogP contribution >= 0.6 is 0 Å². The fraction of sp³-hybridized carbons (Fsp3) is 0.188. The van der Waals surface area contributed by atoms with Crippen molar-refractivity contribution in [3.05, 3.63) is 58.7 Å². The first-order valence-electron chi connectivity index (χ1n) is 6.12. The van der Waals surface area contributed by atoms with Gasteiger partial charge < -0.3 is 9.47 Å². The van der Waals surface area contributed by atoms with Gasteiger partial charge in [-0.1, -0.05) is 30.3 Å². The van der Waals surface area contributed by atoms with Gasteiger partial charge in [-0.15, -0.1) is 0 Å². The molecule has 2 aromatic carbocycles. The molecule has 0 radical (unpaired) electrons. The summed E-state index contributed by atoms with van der Waals surface area (Å²) in [5.41, 5.74) is 3.43. The van der Waals surface area contributed by atoms with E-state index >= 15 is 0 Å². The topological polar surface area (TPSA) is 35.5 Å². The molecule has 0 unspecified atom stereocenters. The summed E-state index contributed by atoms with van der Waals surface area (Å²) in [5.74, 6) is 1.13. The van der Waals surface area contributed by atoms with Gasteiger partial charge in [0.05, 0.1) is 19.8 Å². The Morgan fingerprint density at radius 3 is 2.47 bits per heavy atom. The number of fused-ring (bicyclic) bond motifs is 2. The quantitative estimate of drug-likeness (QED) is 0.705. The first-order valence-corrected chi connectivity index (χ1v) is 6.12. The van der Waals surface area contributed by atoms with Crippen molar-refractivity contribution in [2.24, 2.45) is 0 Å². The van der Waals surface area contributed by atoms with E-state index in [-0.39, 0.29) is 5.78 Å². The average molecular weight is 254 g/mol. The lowest BCUT2D eigenvalue weighted by Gasteiger charge is -2.21. The highest BCUT2D eigenvalue weighted by Crippen LogP contribution is 2.38. The van der Waals surface area contributed by atoms with Gasteiger partial charge in [-0.2, -0.15) is 0 Å². The standard InChI is InChI=1S/C16H14O3/c1-18-13-8-7-11-9-10-5-3-4-6-12(10)15(17)14(11)16(13)19-2/h3-8H,9H2,1-2H3. The number of ether oxygens (including phenoxy) is 2. The summed E-state index contributed by atoms with van der Waals surface area (Å²) in [6.45, 7) is 0. The maximum absolute atomic E-state index is 12.6. The largest absolute Gasteiger partial charge is 0.493 e. The number of rotatable bonds is 2. The molecule has 0 saturated carbocycles. The molecule has 0 aromatic heterocycles. The molecule has 0 heterocycles. The van der Waals surface area contributed by atoms with Crippen LogP contribution in [0.4, 0.5) is 0 Å². The van der Waals surface area contributed by atoms with Crippen molar-refractivity contribution in [1.82, 2.24) is 0 Å². The van der Waals surface area contributed by atoms with Crippen molar-refractivity contribution in [1.29, 1.82) is 0 Å². The first-order chi connectivity index (χ1) is 9.26. The predicted octanol–water partition coefficient (Wildman–Crippen LogP) is 2.84. The number of hydrogen-bond donors (Lipinski definition) is 0. The predicted molar refractivity (Wildman–Crippen MR) is 72.2 cm³/mol. The lowest BCUT2D eigenvalue weighted by Crippen LogP contribution is -2.16. The van der Waals surface area contributed by atoms with Crippen LogP contribution in [0, 0.1) is 0 Å². The third-order valence-corrected chi connectivity index (χ3v) is 3.50. The number of benzene rings is 2. The van der Waals surface area contributed by atoms with Crippen LogP contribution in [-0.4, -0.2) is 20.0 Å². The molecule has 3 nitrogen and oxygen atoms in total. The summed E-state index contributed by atoms with van der Waals surface area (Å²) in [4.78, 5) is 12.6. The van der Waals surface area contributed by atoms with Gasteiger partial charge in [0.15, 0.2) is 17.3 Å². The highest BCUT2D eigenvalue weighted by molar-refractivity contribution is 6.14. The molecule has 0 spiro atoms. The molecule has 1 aliphatic carbocycles. The summed E-state index contributed by atoms with van der Waals surface area (Å²) < 4.78 is 10.6. The Bertz CT molecular complexity index is 659. The molecule has 3 heteroatoms. The zero-order valence-corrected chi connectivity index (χ0v) is 10.9. The van der Waals surface area contributed by atoms with E-state index in [9.17, 15) is 4.79 Å². The van der Waals surface area contributed by atoms with Crippen LogP contribution < -0.4 is 9.47 Å². The van der Waals surface area contributed by atoms with E-state index in [0.717, 1.165) is 23.1 Å². The van der Waals surface area contributed by atoms with Gasteiger partial charge in [0.2, 0.25) is 0 Å². The van der Waals surface area contributed by atoms with E-state index in [1.54, 1.807) is 14.2 Å². The van der Waals surface area contributed by atoms with E-state index in [4.69, 9.17) is 9.47 Å². The second-order valence-electron chi connectivity index (χ2n) is 4.50. The molecule has 0 fully saturated rings. The van der Waals surface area contributed by atoms with E-state index in [0.29, 0.717) is 17.1 Å². The van der Waals surface area contributed by atoms with Gasteiger partial charge in [-0.25, -0.2) is 0 Å². The fourth-order valence-corrected chi connectivity index (χ4v) is 2.60. The van der Waals surface area contributed by atoms with Crippen molar-refractivity contribution in [2.45, 2.75) is 6.42 Å². The average Bonchev–Trinajstić information content (AvgIpc) is 2.46. The first kappa shape index (κ1) is 11.8. The number of hydrogen-bond acceptors (Lipinski definition) is 3. The Morgan fingerprint density at radius 1 is 0.947 bits per heavy atom. The molecule has 19 heavy (non-hydrogen) atoms. The number of ketones is 1. The molecule has 0 aliphatic heterocycles. The molecule has 0 atom stereocenters. The van der Waals surface area contributed by atoms with E-state index in [2.05, 4.69) is 0 Å². The number of methoxy groups -OCH3 is 2. The minimum absolute atomic E-state index is 0.00704. The minimum Gasteiger partial charge on any atom is -0.493 e. The summed E-state index contributed by atoms with van der Waals surface area (Å²) >= 11 is 0. The highest BCUT2D eigenvalue weighted by Gasteiger charge is 2.28. The highest BCUT2D eigenvalue weighted by atomic mass is 16.5. The molecule has 96 valence electrons. The van der Waals surface area contributed by atoms with Gasteiger partial charge in [-0.3, -0.25) is 4.79 Å². The van der Waals surface area contributed by atoms with Crippen LogP contribution in [0.2, 0.25) is 0 Å². The number of carbonyl (C=O) groups excluding carboxylic acids is 1. The Labute approximate surface area is 111 Å². The Balaban J connectivity index is 2.24. The molecule has 2 aromatic rings. The van der Waals surface area contributed by atoms with Gasteiger partial charge in [-0.05, 0) is 23.6 Å². The van der Waals surface area contributed by atoms with Crippen LogP contribution in [0.15, 0.2) is 36.4 Å². The van der Waals surface area contributed by atoms with E-state index < -0.39 is 0 Å². The van der Waals surface area contributed by atoms with Crippen LogP contribution in [0.1, 0.15) is 27.0 Å². The zero-order chi connectivity index (χ0) is 13.4. The molecular weight excluding hydrogens is 240 g/mol. The second-order valence-corrected chi connectivity index (χ2v) is 4.50. The normalized spacial score (nSPS) is 12.6. The Kier molecular flexibility index (Phi) is 2.75. The van der Waals surface area contributed by atoms with Crippen molar-refractivity contribution in [3.8, 4) is 11.5 Å². The lowest BCUT2D eigenvalue weighted by molar-refractivity contribution is 0.103. The molecule has 1 aliphatic rings. The second kappa shape index (κ2) is 4.43. The maximum atomic E-state index is 12.6. The van der Waals surface area contributed by atoms with Gasteiger partial charge in [0.25, 0.3) is 0 Å². The van der Waals surface area contributed by atoms with E-state index in [1.807, 2.05) is 36.4 Å². The van der Waals surface area contributed by atoms with Gasteiger partial charge >= 0.3 is 0 Å².